The number of aryl methyl sites for hydroxylation is 1. The number of nitrogens with one attached hydrogen (secondary N) is 1. The van der Waals surface area contributed by atoms with E-state index in [1.54, 1.807) is 19.2 Å². The van der Waals surface area contributed by atoms with Crippen LogP contribution in [0.5, 0.6) is 5.75 Å². The molecule has 0 bridgehead atoms. The second-order valence-electron chi connectivity index (χ2n) is 7.79. The maximum Gasteiger partial charge on any atom is 0.335 e. The van der Waals surface area contributed by atoms with Crippen molar-refractivity contribution in [3.8, 4) is 5.75 Å². The first-order valence-electron chi connectivity index (χ1n) is 10.2. The SMILES string of the molecule is COc1ccc2nc(C(Nc3ccc(C(=O)O)cc3)C3CCCCC3)n(C)c2c1. The fourth-order valence-corrected chi connectivity index (χ4v) is 4.34. The Bertz CT molecular complexity index is 1000. The summed E-state index contributed by atoms with van der Waals surface area (Å²) in [6, 6.07) is 13.0. The third kappa shape index (κ3) is 3.92. The van der Waals surface area contributed by atoms with Gasteiger partial charge in [-0.25, -0.2) is 9.78 Å². The van der Waals surface area contributed by atoms with Gasteiger partial charge in [0.15, 0.2) is 0 Å². The minimum absolute atomic E-state index is 0.0642. The first-order valence-corrected chi connectivity index (χ1v) is 10.2. The Morgan fingerprint density at radius 3 is 2.55 bits per heavy atom. The summed E-state index contributed by atoms with van der Waals surface area (Å²) in [5, 5.41) is 12.8. The molecule has 2 N–H and O–H groups in total. The minimum atomic E-state index is -0.912. The molecule has 0 spiro atoms. The molecule has 0 amide bonds. The van der Waals surface area contributed by atoms with Gasteiger partial charge in [0.05, 0.1) is 29.7 Å². The summed E-state index contributed by atoms with van der Waals surface area (Å²) in [5.41, 5.74) is 3.20. The van der Waals surface area contributed by atoms with Gasteiger partial charge in [0.1, 0.15) is 11.6 Å². The summed E-state index contributed by atoms with van der Waals surface area (Å²) in [7, 11) is 3.72. The van der Waals surface area contributed by atoms with Crippen LogP contribution in [-0.2, 0) is 7.05 Å². The van der Waals surface area contributed by atoms with Crippen LogP contribution in [0, 0.1) is 5.92 Å². The molecule has 6 heteroatoms. The normalized spacial score (nSPS) is 15.9. The second-order valence-corrected chi connectivity index (χ2v) is 7.79. The third-order valence-corrected chi connectivity index (χ3v) is 5.98. The van der Waals surface area contributed by atoms with Crippen molar-refractivity contribution in [1.29, 1.82) is 0 Å². The van der Waals surface area contributed by atoms with Gasteiger partial charge in [0.2, 0.25) is 0 Å². The van der Waals surface area contributed by atoms with Crippen molar-refractivity contribution in [2.75, 3.05) is 12.4 Å². The molecule has 1 unspecified atom stereocenters. The summed E-state index contributed by atoms with van der Waals surface area (Å²) in [4.78, 5) is 16.1. The molecule has 0 radical (unpaired) electrons. The summed E-state index contributed by atoms with van der Waals surface area (Å²) in [6.45, 7) is 0. The molecular weight excluding hydrogens is 366 g/mol. The lowest BCUT2D eigenvalue weighted by Crippen LogP contribution is -2.26. The number of benzene rings is 2. The number of carbonyl (C=O) groups is 1. The van der Waals surface area contributed by atoms with Gasteiger partial charge in [-0.15, -0.1) is 0 Å². The Balaban J connectivity index is 1.71. The number of hydrogen-bond donors (Lipinski definition) is 2. The number of fused-ring (bicyclic) bond motifs is 1. The van der Waals surface area contributed by atoms with Gasteiger partial charge in [-0.05, 0) is 55.2 Å². The van der Waals surface area contributed by atoms with Crippen LogP contribution in [0.3, 0.4) is 0 Å². The molecule has 1 saturated carbocycles. The number of carboxylic acid groups (broad SMARTS) is 1. The predicted octanol–water partition coefficient (Wildman–Crippen LogP) is 5.01. The number of rotatable bonds is 6. The molecule has 1 fully saturated rings. The lowest BCUT2D eigenvalue weighted by Gasteiger charge is -2.31. The highest BCUT2D eigenvalue weighted by molar-refractivity contribution is 5.88. The quantitative estimate of drug-likeness (QED) is 0.615. The van der Waals surface area contributed by atoms with Gasteiger partial charge in [-0.3, -0.25) is 0 Å². The first kappa shape index (κ1) is 19.3. The van der Waals surface area contributed by atoms with Crippen LogP contribution in [0.1, 0.15) is 54.3 Å². The van der Waals surface area contributed by atoms with Gasteiger partial charge in [-0.1, -0.05) is 19.3 Å². The van der Waals surface area contributed by atoms with Crippen LogP contribution in [-0.4, -0.2) is 27.7 Å². The number of aromatic nitrogens is 2. The molecule has 3 aromatic rings. The fourth-order valence-electron chi connectivity index (χ4n) is 4.34. The molecule has 1 aliphatic rings. The molecule has 1 heterocycles. The zero-order valence-corrected chi connectivity index (χ0v) is 16.9. The minimum Gasteiger partial charge on any atom is -0.497 e. The molecule has 29 heavy (non-hydrogen) atoms. The molecule has 6 nitrogen and oxygen atoms in total. The van der Waals surface area contributed by atoms with E-state index in [1.807, 2.05) is 30.3 Å². The summed E-state index contributed by atoms with van der Waals surface area (Å²) >= 11 is 0. The zero-order valence-electron chi connectivity index (χ0n) is 16.9. The van der Waals surface area contributed by atoms with E-state index in [2.05, 4.69) is 16.9 Å². The average molecular weight is 393 g/mol. The first-order chi connectivity index (χ1) is 14.1. The van der Waals surface area contributed by atoms with Crippen molar-refractivity contribution in [3.63, 3.8) is 0 Å². The Hall–Kier alpha value is -3.02. The summed E-state index contributed by atoms with van der Waals surface area (Å²) < 4.78 is 7.53. The number of methoxy groups -OCH3 is 1. The molecule has 1 aliphatic carbocycles. The van der Waals surface area contributed by atoms with Gasteiger partial charge >= 0.3 is 5.97 Å². The molecule has 0 aliphatic heterocycles. The Kier molecular flexibility index (Phi) is 5.43. The molecule has 4 rings (SSSR count). The highest BCUT2D eigenvalue weighted by atomic mass is 16.5. The highest BCUT2D eigenvalue weighted by Gasteiger charge is 2.29. The number of aromatic carboxylic acids is 1. The van der Waals surface area contributed by atoms with E-state index in [9.17, 15) is 4.79 Å². The average Bonchev–Trinajstić information content (AvgIpc) is 3.08. The number of ether oxygens (including phenoxy) is 1. The lowest BCUT2D eigenvalue weighted by atomic mass is 9.83. The van der Waals surface area contributed by atoms with Crippen LogP contribution in [0.2, 0.25) is 0 Å². The van der Waals surface area contributed by atoms with Crippen molar-refractivity contribution >= 4 is 22.7 Å². The number of anilines is 1. The van der Waals surface area contributed by atoms with Crippen LogP contribution in [0.25, 0.3) is 11.0 Å². The van der Waals surface area contributed by atoms with E-state index in [0.717, 1.165) is 41.1 Å². The number of carboxylic acids is 1. The maximum atomic E-state index is 11.2. The largest absolute Gasteiger partial charge is 0.497 e. The maximum absolute atomic E-state index is 11.2. The zero-order chi connectivity index (χ0) is 20.4. The molecule has 1 atom stereocenters. The third-order valence-electron chi connectivity index (χ3n) is 5.98. The van der Waals surface area contributed by atoms with Crippen molar-refractivity contribution in [2.45, 2.75) is 38.1 Å². The van der Waals surface area contributed by atoms with Crippen molar-refractivity contribution in [3.05, 3.63) is 53.9 Å². The van der Waals surface area contributed by atoms with Gasteiger partial charge in [0, 0.05) is 18.8 Å². The fraction of sp³-hybridized carbons (Fsp3) is 0.391. The molecule has 1 aromatic heterocycles. The predicted molar refractivity (Wildman–Crippen MR) is 114 cm³/mol. The Labute approximate surface area is 170 Å². The molecule has 0 saturated heterocycles. The van der Waals surface area contributed by atoms with Crippen LogP contribution < -0.4 is 10.1 Å². The van der Waals surface area contributed by atoms with Gasteiger partial charge < -0.3 is 19.7 Å². The molecule has 152 valence electrons. The van der Waals surface area contributed by atoms with Crippen LogP contribution in [0.15, 0.2) is 42.5 Å². The van der Waals surface area contributed by atoms with Gasteiger partial charge in [-0.2, -0.15) is 0 Å². The van der Waals surface area contributed by atoms with Crippen molar-refractivity contribution in [2.24, 2.45) is 13.0 Å². The van der Waals surface area contributed by atoms with E-state index in [1.165, 1.54) is 19.3 Å². The van der Waals surface area contributed by atoms with E-state index in [0.29, 0.717) is 11.5 Å². The monoisotopic (exact) mass is 393 g/mol. The lowest BCUT2D eigenvalue weighted by molar-refractivity contribution is 0.0697. The molecular formula is C23H27N3O3. The summed E-state index contributed by atoms with van der Waals surface area (Å²) in [5.74, 6) is 1.39. The van der Waals surface area contributed by atoms with Crippen molar-refractivity contribution < 1.29 is 14.6 Å². The van der Waals surface area contributed by atoms with Gasteiger partial charge in [0.25, 0.3) is 0 Å². The van der Waals surface area contributed by atoms with E-state index >= 15 is 0 Å². The topological polar surface area (TPSA) is 76.4 Å². The molecule has 2 aromatic carbocycles. The number of nitrogens with zero attached hydrogens (tertiary/aromatic N) is 2. The van der Waals surface area contributed by atoms with Crippen LogP contribution >= 0.6 is 0 Å². The van der Waals surface area contributed by atoms with Crippen molar-refractivity contribution in [1.82, 2.24) is 9.55 Å². The summed E-state index contributed by atoms with van der Waals surface area (Å²) in [6.07, 6.45) is 6.09. The number of hydrogen-bond acceptors (Lipinski definition) is 4. The standard InChI is InChI=1S/C23H27N3O3/c1-26-20-14-18(29-2)12-13-19(20)25-22(26)21(15-6-4-3-5-7-15)24-17-10-8-16(9-11-17)23(27)28/h8-15,21,24H,3-7H2,1-2H3,(H,27,28). The van der Waals surface area contributed by atoms with Crippen LogP contribution in [0.4, 0.5) is 5.69 Å². The second kappa shape index (κ2) is 8.15. The Morgan fingerprint density at radius 2 is 1.90 bits per heavy atom. The number of imidazole rings is 1. The van der Waals surface area contributed by atoms with E-state index < -0.39 is 5.97 Å². The Morgan fingerprint density at radius 1 is 1.17 bits per heavy atom. The van der Waals surface area contributed by atoms with E-state index in [4.69, 9.17) is 14.8 Å². The van der Waals surface area contributed by atoms with E-state index in [-0.39, 0.29) is 6.04 Å². The smallest absolute Gasteiger partial charge is 0.335 e. The highest BCUT2D eigenvalue weighted by Crippen LogP contribution is 2.37.